The number of carboxylic acids is 1. The highest BCUT2D eigenvalue weighted by Gasteiger charge is 2.35. The van der Waals surface area contributed by atoms with Gasteiger partial charge in [-0.1, -0.05) is 60.7 Å². The number of carboxylic acid groups (broad SMARTS) is 1. The van der Waals surface area contributed by atoms with Gasteiger partial charge in [-0.05, 0) is 48.2 Å². The van der Waals surface area contributed by atoms with E-state index < -0.39 is 36.2 Å². The van der Waals surface area contributed by atoms with Crippen molar-refractivity contribution in [3.8, 4) is 0 Å². The molecule has 1 fully saturated rings. The van der Waals surface area contributed by atoms with E-state index in [0.29, 0.717) is 12.1 Å². The smallest absolute Gasteiger partial charge is 0.323 e. The SMILES string of the molecule is Cc1ccccc1NC(=O)Nc1ccc(CNC(=O)[C@H]2CCN(C(=O)[C@H](CC(=O)O)NC(=O)Cc3ccccc3)C2)cc1. The van der Waals surface area contributed by atoms with E-state index in [9.17, 15) is 29.1 Å². The molecule has 0 aromatic heterocycles. The van der Waals surface area contributed by atoms with Crippen LogP contribution in [0.4, 0.5) is 16.2 Å². The maximum absolute atomic E-state index is 13.1. The second-order valence-electron chi connectivity index (χ2n) is 10.5. The molecular weight excluding hydrogens is 550 g/mol. The van der Waals surface area contributed by atoms with Crippen LogP contribution in [-0.2, 0) is 32.1 Å². The Bertz CT molecular complexity index is 1460. The Morgan fingerprint density at radius 2 is 1.58 bits per heavy atom. The molecule has 0 bridgehead atoms. The van der Waals surface area contributed by atoms with Crippen LogP contribution in [-0.4, -0.2) is 58.9 Å². The van der Waals surface area contributed by atoms with Gasteiger partial charge in [-0.3, -0.25) is 19.2 Å². The fourth-order valence-electron chi connectivity index (χ4n) is 4.83. The lowest BCUT2D eigenvalue weighted by Crippen LogP contribution is -2.49. The van der Waals surface area contributed by atoms with E-state index >= 15 is 0 Å². The Labute approximate surface area is 249 Å². The third-order valence-electron chi connectivity index (χ3n) is 7.16. The molecule has 1 aliphatic heterocycles. The number of hydrogen-bond acceptors (Lipinski definition) is 5. The van der Waals surface area contributed by atoms with Crippen LogP contribution in [0.5, 0.6) is 0 Å². The molecule has 1 saturated heterocycles. The molecule has 5 N–H and O–H groups in total. The van der Waals surface area contributed by atoms with Gasteiger partial charge in [-0.15, -0.1) is 0 Å². The van der Waals surface area contributed by atoms with Gasteiger partial charge in [-0.2, -0.15) is 0 Å². The zero-order valence-electron chi connectivity index (χ0n) is 23.8. The summed E-state index contributed by atoms with van der Waals surface area (Å²) in [4.78, 5) is 63.7. The Balaban J connectivity index is 1.24. The highest BCUT2D eigenvalue weighted by Crippen LogP contribution is 2.19. The van der Waals surface area contributed by atoms with Gasteiger partial charge < -0.3 is 31.3 Å². The fraction of sp³-hybridized carbons (Fsp3) is 0.281. The quantitative estimate of drug-likeness (QED) is 0.232. The topological polar surface area (TPSA) is 157 Å². The van der Waals surface area contributed by atoms with Gasteiger partial charge in [0.05, 0.1) is 18.8 Å². The number of amides is 5. The minimum Gasteiger partial charge on any atom is -0.481 e. The number of likely N-dealkylation sites (tertiary alicyclic amines) is 1. The number of anilines is 2. The predicted octanol–water partition coefficient (Wildman–Crippen LogP) is 3.31. The monoisotopic (exact) mass is 585 g/mol. The van der Waals surface area contributed by atoms with Crippen molar-refractivity contribution >= 4 is 41.1 Å². The first kappa shape index (κ1) is 30.8. The number of hydrogen-bond donors (Lipinski definition) is 5. The molecule has 0 saturated carbocycles. The van der Waals surface area contributed by atoms with Crippen LogP contribution in [0, 0.1) is 12.8 Å². The van der Waals surface area contributed by atoms with E-state index in [1.54, 1.807) is 48.5 Å². The number of nitrogens with one attached hydrogen (secondary N) is 4. The van der Waals surface area contributed by atoms with Crippen molar-refractivity contribution < 1.29 is 29.1 Å². The van der Waals surface area contributed by atoms with Crippen molar-refractivity contribution in [2.24, 2.45) is 5.92 Å². The van der Waals surface area contributed by atoms with E-state index in [0.717, 1.165) is 22.4 Å². The van der Waals surface area contributed by atoms with Crippen LogP contribution in [0.3, 0.4) is 0 Å². The molecule has 4 rings (SSSR count). The standard InChI is InChI=1S/C32H35N5O6/c1-21-7-5-6-10-26(21)36-32(43)34-25-13-11-23(12-14-25)19-33-30(41)24-15-16-37(20-24)31(42)27(18-29(39)40)35-28(38)17-22-8-3-2-4-9-22/h2-14,24,27H,15-20H2,1H3,(H,33,41)(H,35,38)(H,39,40)(H2,34,36,43)/t24-,27-/m0/s1. The molecule has 0 aliphatic carbocycles. The van der Waals surface area contributed by atoms with Crippen molar-refractivity contribution in [1.29, 1.82) is 0 Å². The maximum atomic E-state index is 13.1. The van der Waals surface area contributed by atoms with Crippen LogP contribution in [0.25, 0.3) is 0 Å². The first-order valence-electron chi connectivity index (χ1n) is 14.0. The van der Waals surface area contributed by atoms with E-state index in [2.05, 4.69) is 21.3 Å². The zero-order valence-corrected chi connectivity index (χ0v) is 23.8. The summed E-state index contributed by atoms with van der Waals surface area (Å²) in [6.45, 7) is 2.58. The van der Waals surface area contributed by atoms with E-state index in [1.165, 1.54) is 4.90 Å². The van der Waals surface area contributed by atoms with Gasteiger partial charge in [0.25, 0.3) is 0 Å². The summed E-state index contributed by atoms with van der Waals surface area (Å²) in [5, 5.41) is 20.3. The van der Waals surface area contributed by atoms with Gasteiger partial charge in [0.2, 0.25) is 17.7 Å². The lowest BCUT2D eigenvalue weighted by Gasteiger charge is -2.23. The first-order valence-corrected chi connectivity index (χ1v) is 14.0. The first-order chi connectivity index (χ1) is 20.7. The Kier molecular flexibility index (Phi) is 10.5. The number of rotatable bonds is 11. The second kappa shape index (κ2) is 14.6. The summed E-state index contributed by atoms with van der Waals surface area (Å²) < 4.78 is 0. The van der Waals surface area contributed by atoms with Gasteiger partial charge in [0.15, 0.2) is 0 Å². The Morgan fingerprint density at radius 1 is 0.884 bits per heavy atom. The minimum absolute atomic E-state index is 0.0207. The zero-order chi connectivity index (χ0) is 30.8. The summed E-state index contributed by atoms with van der Waals surface area (Å²) in [7, 11) is 0. The van der Waals surface area contributed by atoms with Crippen LogP contribution in [0.15, 0.2) is 78.9 Å². The molecule has 224 valence electrons. The molecule has 43 heavy (non-hydrogen) atoms. The minimum atomic E-state index is -1.22. The molecular formula is C32H35N5O6. The molecule has 0 unspecified atom stereocenters. The number of aliphatic carboxylic acids is 1. The largest absolute Gasteiger partial charge is 0.481 e. The molecule has 11 heteroatoms. The maximum Gasteiger partial charge on any atom is 0.323 e. The molecule has 0 radical (unpaired) electrons. The van der Waals surface area contributed by atoms with Gasteiger partial charge >= 0.3 is 12.0 Å². The number of aryl methyl sites for hydroxylation is 1. The number of urea groups is 1. The Hall–Kier alpha value is -5.19. The van der Waals surface area contributed by atoms with Gasteiger partial charge in [0, 0.05) is 31.0 Å². The van der Waals surface area contributed by atoms with Gasteiger partial charge in [0.1, 0.15) is 6.04 Å². The summed E-state index contributed by atoms with van der Waals surface area (Å²) in [6.07, 6.45) is -0.105. The highest BCUT2D eigenvalue weighted by molar-refractivity contribution is 6.00. The number of para-hydroxylation sites is 1. The molecule has 11 nitrogen and oxygen atoms in total. The van der Waals surface area contributed by atoms with Crippen LogP contribution in [0.1, 0.15) is 29.5 Å². The van der Waals surface area contributed by atoms with Crippen LogP contribution in [0.2, 0.25) is 0 Å². The van der Waals surface area contributed by atoms with Crippen molar-refractivity contribution in [3.63, 3.8) is 0 Å². The molecule has 3 aromatic rings. The molecule has 1 aliphatic rings. The average Bonchev–Trinajstić information content (AvgIpc) is 3.48. The number of benzene rings is 3. The van der Waals surface area contributed by atoms with Crippen molar-refractivity contribution in [2.45, 2.75) is 38.8 Å². The van der Waals surface area contributed by atoms with E-state index in [4.69, 9.17) is 0 Å². The van der Waals surface area contributed by atoms with E-state index in [-0.39, 0.29) is 38.0 Å². The summed E-state index contributed by atoms with van der Waals surface area (Å²) in [6, 6.07) is 21.9. The van der Waals surface area contributed by atoms with E-state index in [1.807, 2.05) is 37.3 Å². The fourth-order valence-corrected chi connectivity index (χ4v) is 4.83. The van der Waals surface area contributed by atoms with Crippen molar-refractivity contribution in [2.75, 3.05) is 23.7 Å². The molecule has 1 heterocycles. The molecule has 5 amide bonds. The third-order valence-corrected chi connectivity index (χ3v) is 7.16. The Morgan fingerprint density at radius 3 is 2.28 bits per heavy atom. The molecule has 0 spiro atoms. The molecule has 3 aromatic carbocycles. The van der Waals surface area contributed by atoms with Gasteiger partial charge in [-0.25, -0.2) is 4.79 Å². The number of nitrogens with zero attached hydrogens (tertiary/aromatic N) is 1. The summed E-state index contributed by atoms with van der Waals surface area (Å²) >= 11 is 0. The second-order valence-corrected chi connectivity index (χ2v) is 10.5. The summed E-state index contributed by atoms with van der Waals surface area (Å²) in [5.74, 6) is -2.86. The predicted molar refractivity (Wildman–Crippen MR) is 161 cm³/mol. The van der Waals surface area contributed by atoms with Crippen molar-refractivity contribution in [1.82, 2.24) is 15.5 Å². The van der Waals surface area contributed by atoms with Crippen LogP contribution >= 0.6 is 0 Å². The summed E-state index contributed by atoms with van der Waals surface area (Å²) in [5.41, 5.74) is 3.83. The average molecular weight is 586 g/mol. The third kappa shape index (κ3) is 9.15. The number of carbonyl (C=O) groups is 5. The lowest BCUT2D eigenvalue weighted by molar-refractivity contribution is -0.143. The van der Waals surface area contributed by atoms with Crippen LogP contribution < -0.4 is 21.3 Å². The molecule has 2 atom stereocenters. The van der Waals surface area contributed by atoms with Crippen molar-refractivity contribution in [3.05, 3.63) is 95.6 Å². The normalized spacial score (nSPS) is 14.8. The highest BCUT2D eigenvalue weighted by atomic mass is 16.4. The number of carbonyl (C=O) groups excluding carboxylic acids is 4. The lowest BCUT2D eigenvalue weighted by atomic mass is 10.1.